The molecule has 0 saturated heterocycles. The summed E-state index contributed by atoms with van der Waals surface area (Å²) in [5.74, 6) is 0. The molecule has 0 amide bonds. The van der Waals surface area contributed by atoms with Crippen LogP contribution in [0.3, 0.4) is 0 Å². The van der Waals surface area contributed by atoms with Gasteiger partial charge in [-0.25, -0.2) is 0 Å². The molecule has 0 spiro atoms. The topological polar surface area (TPSA) is 16.1 Å². The predicted octanol–water partition coefficient (Wildman–Crippen LogP) is 3.26. The minimum absolute atomic E-state index is 0.410. The summed E-state index contributed by atoms with van der Waals surface area (Å²) in [5, 5.41) is 0. The van der Waals surface area contributed by atoms with Gasteiger partial charge in [0.2, 0.25) is 0 Å². The SMILES string of the molecule is CC1c2ccccc2-c2ncccc2N1C. The maximum atomic E-state index is 4.50. The third kappa shape index (κ3) is 1.16. The number of nitrogens with zero attached hydrogens (tertiary/aromatic N) is 2. The van der Waals surface area contributed by atoms with E-state index in [0.717, 1.165) is 5.69 Å². The fourth-order valence-corrected chi connectivity index (χ4v) is 2.38. The molecule has 2 nitrogen and oxygen atoms in total. The molecule has 1 aromatic heterocycles. The molecule has 3 rings (SSSR count). The van der Waals surface area contributed by atoms with Crippen LogP contribution in [0.2, 0.25) is 0 Å². The summed E-state index contributed by atoms with van der Waals surface area (Å²) in [4.78, 5) is 6.79. The number of hydrogen-bond acceptors (Lipinski definition) is 2. The normalized spacial score (nSPS) is 17.9. The highest BCUT2D eigenvalue weighted by molar-refractivity contribution is 5.81. The van der Waals surface area contributed by atoms with Crippen LogP contribution >= 0.6 is 0 Å². The van der Waals surface area contributed by atoms with Crippen LogP contribution < -0.4 is 4.90 Å². The second kappa shape index (κ2) is 3.34. The number of aromatic nitrogens is 1. The first kappa shape index (κ1) is 9.40. The van der Waals surface area contributed by atoms with Crippen molar-refractivity contribution in [2.75, 3.05) is 11.9 Å². The fourth-order valence-electron chi connectivity index (χ4n) is 2.38. The van der Waals surface area contributed by atoms with Gasteiger partial charge in [0.05, 0.1) is 17.4 Å². The Kier molecular flexibility index (Phi) is 1.96. The average Bonchev–Trinajstić information content (AvgIpc) is 2.36. The largest absolute Gasteiger partial charge is 0.366 e. The molecule has 80 valence electrons. The first-order chi connectivity index (χ1) is 7.79. The molecule has 1 unspecified atom stereocenters. The zero-order valence-electron chi connectivity index (χ0n) is 9.51. The maximum absolute atomic E-state index is 4.50. The van der Waals surface area contributed by atoms with Crippen molar-refractivity contribution in [2.24, 2.45) is 0 Å². The van der Waals surface area contributed by atoms with Crippen molar-refractivity contribution in [3.05, 3.63) is 48.2 Å². The van der Waals surface area contributed by atoms with Gasteiger partial charge in [0.1, 0.15) is 0 Å². The van der Waals surface area contributed by atoms with Crippen LogP contribution in [-0.4, -0.2) is 12.0 Å². The number of fused-ring (bicyclic) bond motifs is 3. The number of pyridine rings is 1. The molecule has 2 heterocycles. The molecule has 0 N–H and O–H groups in total. The van der Waals surface area contributed by atoms with E-state index >= 15 is 0 Å². The van der Waals surface area contributed by atoms with E-state index in [4.69, 9.17) is 0 Å². The van der Waals surface area contributed by atoms with Gasteiger partial charge in [-0.3, -0.25) is 4.98 Å². The maximum Gasteiger partial charge on any atom is 0.0938 e. The Morgan fingerprint density at radius 3 is 2.81 bits per heavy atom. The Bertz CT molecular complexity index is 484. The van der Waals surface area contributed by atoms with Gasteiger partial charge in [0.15, 0.2) is 0 Å². The summed E-state index contributed by atoms with van der Waals surface area (Å²) in [6.07, 6.45) is 1.86. The van der Waals surface area contributed by atoms with Gasteiger partial charge in [-0.2, -0.15) is 0 Å². The van der Waals surface area contributed by atoms with E-state index in [1.165, 1.54) is 16.8 Å². The molecular formula is C14H14N2. The summed E-state index contributed by atoms with van der Waals surface area (Å²) < 4.78 is 0. The molecule has 1 aromatic carbocycles. The fraction of sp³-hybridized carbons (Fsp3) is 0.214. The lowest BCUT2D eigenvalue weighted by Gasteiger charge is -2.34. The Hall–Kier alpha value is -1.83. The number of rotatable bonds is 0. The van der Waals surface area contributed by atoms with Crippen molar-refractivity contribution in [1.82, 2.24) is 4.98 Å². The minimum Gasteiger partial charge on any atom is -0.366 e. The predicted molar refractivity (Wildman–Crippen MR) is 66.5 cm³/mol. The quantitative estimate of drug-likeness (QED) is 0.663. The zero-order valence-corrected chi connectivity index (χ0v) is 9.51. The van der Waals surface area contributed by atoms with Crippen LogP contribution in [0.25, 0.3) is 11.3 Å². The van der Waals surface area contributed by atoms with E-state index in [9.17, 15) is 0 Å². The number of hydrogen-bond donors (Lipinski definition) is 0. The van der Waals surface area contributed by atoms with Crippen LogP contribution in [0.4, 0.5) is 5.69 Å². The standard InChI is InChI=1S/C14H14N2/c1-10-11-6-3-4-7-12(11)14-13(16(10)2)8-5-9-15-14/h3-10H,1-2H3. The number of anilines is 1. The smallest absolute Gasteiger partial charge is 0.0938 e. The third-order valence-corrected chi connectivity index (χ3v) is 3.41. The van der Waals surface area contributed by atoms with Crippen LogP contribution in [0.5, 0.6) is 0 Å². The molecule has 2 aromatic rings. The van der Waals surface area contributed by atoms with Crippen molar-refractivity contribution in [3.8, 4) is 11.3 Å². The highest BCUT2D eigenvalue weighted by atomic mass is 15.1. The van der Waals surface area contributed by atoms with E-state index in [1.54, 1.807) is 0 Å². The summed E-state index contributed by atoms with van der Waals surface area (Å²) in [5.41, 5.74) is 4.94. The van der Waals surface area contributed by atoms with Gasteiger partial charge in [-0.1, -0.05) is 24.3 Å². The average molecular weight is 210 g/mol. The van der Waals surface area contributed by atoms with E-state index in [1.807, 2.05) is 12.3 Å². The second-order valence-electron chi connectivity index (χ2n) is 4.25. The lowest BCUT2D eigenvalue weighted by Crippen LogP contribution is -2.26. The third-order valence-electron chi connectivity index (χ3n) is 3.41. The van der Waals surface area contributed by atoms with E-state index in [2.05, 4.69) is 54.2 Å². The Morgan fingerprint density at radius 2 is 1.94 bits per heavy atom. The van der Waals surface area contributed by atoms with Gasteiger partial charge in [0, 0.05) is 18.8 Å². The molecule has 16 heavy (non-hydrogen) atoms. The van der Waals surface area contributed by atoms with E-state index in [0.29, 0.717) is 6.04 Å². The lowest BCUT2D eigenvalue weighted by molar-refractivity contribution is 0.729. The van der Waals surface area contributed by atoms with Gasteiger partial charge in [0.25, 0.3) is 0 Å². The van der Waals surface area contributed by atoms with Crippen LogP contribution in [0.15, 0.2) is 42.6 Å². The molecule has 1 aliphatic rings. The molecule has 0 bridgehead atoms. The zero-order chi connectivity index (χ0) is 11.1. The van der Waals surface area contributed by atoms with Crippen molar-refractivity contribution >= 4 is 5.69 Å². The van der Waals surface area contributed by atoms with Crippen molar-refractivity contribution in [1.29, 1.82) is 0 Å². The number of benzene rings is 1. The molecule has 2 heteroatoms. The van der Waals surface area contributed by atoms with E-state index in [-0.39, 0.29) is 0 Å². The van der Waals surface area contributed by atoms with Crippen molar-refractivity contribution in [3.63, 3.8) is 0 Å². The monoisotopic (exact) mass is 210 g/mol. The first-order valence-electron chi connectivity index (χ1n) is 5.56. The molecule has 0 aliphatic carbocycles. The van der Waals surface area contributed by atoms with Crippen LogP contribution in [0.1, 0.15) is 18.5 Å². The molecule has 1 aliphatic heterocycles. The molecule has 0 saturated carbocycles. The Morgan fingerprint density at radius 1 is 1.12 bits per heavy atom. The lowest BCUT2D eigenvalue weighted by atomic mass is 9.92. The van der Waals surface area contributed by atoms with Gasteiger partial charge < -0.3 is 4.90 Å². The van der Waals surface area contributed by atoms with E-state index < -0.39 is 0 Å². The van der Waals surface area contributed by atoms with Crippen molar-refractivity contribution in [2.45, 2.75) is 13.0 Å². The highest BCUT2D eigenvalue weighted by Crippen LogP contribution is 2.41. The summed E-state index contributed by atoms with van der Waals surface area (Å²) in [6, 6.07) is 13.1. The summed E-state index contributed by atoms with van der Waals surface area (Å²) in [6.45, 7) is 2.23. The van der Waals surface area contributed by atoms with Gasteiger partial charge >= 0.3 is 0 Å². The highest BCUT2D eigenvalue weighted by Gasteiger charge is 2.25. The second-order valence-corrected chi connectivity index (χ2v) is 4.25. The first-order valence-corrected chi connectivity index (χ1v) is 5.56. The molecule has 0 fully saturated rings. The Balaban J connectivity index is 2.33. The molecule has 0 radical (unpaired) electrons. The molecular weight excluding hydrogens is 196 g/mol. The Labute approximate surface area is 95.6 Å². The van der Waals surface area contributed by atoms with Crippen LogP contribution in [0, 0.1) is 0 Å². The molecule has 1 atom stereocenters. The van der Waals surface area contributed by atoms with Gasteiger partial charge in [-0.15, -0.1) is 0 Å². The summed E-state index contributed by atoms with van der Waals surface area (Å²) in [7, 11) is 2.13. The van der Waals surface area contributed by atoms with Crippen LogP contribution in [-0.2, 0) is 0 Å². The minimum atomic E-state index is 0.410. The van der Waals surface area contributed by atoms with Crippen molar-refractivity contribution < 1.29 is 0 Å². The van der Waals surface area contributed by atoms with Gasteiger partial charge in [-0.05, 0) is 24.6 Å². The summed E-state index contributed by atoms with van der Waals surface area (Å²) >= 11 is 0.